The van der Waals surface area contributed by atoms with E-state index < -0.39 is 0 Å². The Morgan fingerprint density at radius 3 is 2.93 bits per heavy atom. The van der Waals surface area contributed by atoms with Gasteiger partial charge in [0.15, 0.2) is 0 Å². The van der Waals surface area contributed by atoms with E-state index in [0.717, 1.165) is 42.0 Å². The van der Waals surface area contributed by atoms with Crippen molar-refractivity contribution in [1.82, 2.24) is 29.7 Å². The summed E-state index contributed by atoms with van der Waals surface area (Å²) in [5.41, 5.74) is 3.03. The van der Waals surface area contributed by atoms with Crippen molar-refractivity contribution in [2.45, 2.75) is 28.8 Å². The van der Waals surface area contributed by atoms with E-state index in [4.69, 9.17) is 0 Å². The number of aromatic nitrogens is 5. The maximum absolute atomic E-state index is 13.7. The monoisotopic (exact) mass is 419 g/mol. The van der Waals surface area contributed by atoms with Gasteiger partial charge < -0.3 is 5.32 Å². The van der Waals surface area contributed by atoms with E-state index in [2.05, 4.69) is 26.6 Å². The second-order valence-electron chi connectivity index (χ2n) is 7.18. The highest BCUT2D eigenvalue weighted by Gasteiger charge is 2.18. The molecule has 7 nitrogen and oxygen atoms in total. The number of fused-ring (bicyclic) bond motifs is 1. The van der Waals surface area contributed by atoms with E-state index in [1.54, 1.807) is 10.7 Å². The molecule has 150 valence electrons. The van der Waals surface area contributed by atoms with Crippen LogP contribution >= 0.6 is 11.8 Å². The van der Waals surface area contributed by atoms with Crippen LogP contribution in [-0.4, -0.2) is 37.5 Å². The Morgan fingerprint density at radius 2 is 2.13 bits per heavy atom. The van der Waals surface area contributed by atoms with Gasteiger partial charge in [0.1, 0.15) is 16.9 Å². The summed E-state index contributed by atoms with van der Waals surface area (Å²) in [7, 11) is 0. The summed E-state index contributed by atoms with van der Waals surface area (Å²) < 4.78 is 17.4. The normalized spacial score (nSPS) is 16.6. The van der Waals surface area contributed by atoms with Crippen LogP contribution in [0.15, 0.2) is 59.1 Å². The molecular weight excluding hydrogens is 401 g/mol. The van der Waals surface area contributed by atoms with E-state index in [9.17, 15) is 9.65 Å². The average molecular weight is 419 g/mol. The summed E-state index contributed by atoms with van der Waals surface area (Å²) in [6, 6.07) is 7.19. The molecule has 0 aromatic carbocycles. The lowest BCUT2D eigenvalue weighted by molar-refractivity contribution is 0.347. The van der Waals surface area contributed by atoms with Gasteiger partial charge in [-0.15, -0.1) is 0 Å². The Bertz CT molecular complexity index is 1250. The van der Waals surface area contributed by atoms with Crippen LogP contribution in [0.1, 0.15) is 24.4 Å². The highest BCUT2D eigenvalue weighted by Crippen LogP contribution is 2.35. The first-order valence-electron chi connectivity index (χ1n) is 9.67. The van der Waals surface area contributed by atoms with Gasteiger partial charge in [-0.25, -0.2) is 13.9 Å². The molecule has 30 heavy (non-hydrogen) atoms. The van der Waals surface area contributed by atoms with E-state index in [1.165, 1.54) is 30.1 Å². The van der Waals surface area contributed by atoms with Gasteiger partial charge in [-0.05, 0) is 31.5 Å². The van der Waals surface area contributed by atoms with Crippen LogP contribution in [0.2, 0.25) is 0 Å². The van der Waals surface area contributed by atoms with Gasteiger partial charge >= 0.3 is 0 Å². The van der Waals surface area contributed by atoms with E-state index in [0.29, 0.717) is 22.1 Å². The highest BCUT2D eigenvalue weighted by atomic mass is 32.2. The number of hydrogen-bond donors (Lipinski definition) is 1. The minimum Gasteiger partial charge on any atom is -0.315 e. The van der Waals surface area contributed by atoms with Crippen LogP contribution < -0.4 is 5.32 Å². The van der Waals surface area contributed by atoms with Crippen molar-refractivity contribution in [3.05, 3.63) is 60.6 Å². The summed E-state index contributed by atoms with van der Waals surface area (Å²) in [4.78, 5) is 5.02. The molecule has 0 amide bonds. The molecule has 0 radical (unpaired) electrons. The summed E-state index contributed by atoms with van der Waals surface area (Å²) in [5.74, 6) is -0.351. The predicted molar refractivity (Wildman–Crippen MR) is 111 cm³/mol. The molecule has 5 heterocycles. The zero-order valence-corrected chi connectivity index (χ0v) is 16.8. The molecular formula is C21H18FN7S. The molecule has 4 aromatic heterocycles. The SMILES string of the molecule is N#Cc1cnn2cc(-c3cnn([C@H]4CCCNC4)c3)cc(Sc3cc(F)ccn3)c12. The van der Waals surface area contributed by atoms with Crippen LogP contribution in [0.25, 0.3) is 16.6 Å². The number of halogens is 1. The van der Waals surface area contributed by atoms with Gasteiger partial charge in [-0.1, -0.05) is 11.8 Å². The highest BCUT2D eigenvalue weighted by molar-refractivity contribution is 7.99. The van der Waals surface area contributed by atoms with E-state index >= 15 is 0 Å². The molecule has 9 heteroatoms. The van der Waals surface area contributed by atoms with Crippen molar-refractivity contribution in [3.8, 4) is 17.2 Å². The maximum Gasteiger partial charge on any atom is 0.127 e. The molecule has 0 unspecified atom stereocenters. The summed E-state index contributed by atoms with van der Waals surface area (Å²) in [5, 5.41) is 22.3. The van der Waals surface area contributed by atoms with Crippen molar-refractivity contribution in [1.29, 1.82) is 5.26 Å². The minimum atomic E-state index is -0.351. The Balaban J connectivity index is 1.56. The maximum atomic E-state index is 13.7. The fourth-order valence-corrected chi connectivity index (χ4v) is 4.70. The molecule has 5 rings (SSSR count). The van der Waals surface area contributed by atoms with Crippen molar-refractivity contribution in [2.75, 3.05) is 13.1 Å². The quantitative estimate of drug-likeness (QED) is 0.543. The number of nitriles is 1. The van der Waals surface area contributed by atoms with Crippen LogP contribution in [0.3, 0.4) is 0 Å². The third kappa shape index (κ3) is 3.56. The van der Waals surface area contributed by atoms with Crippen molar-refractivity contribution in [3.63, 3.8) is 0 Å². The Kier molecular flexibility index (Phi) is 4.94. The van der Waals surface area contributed by atoms with Gasteiger partial charge in [0.2, 0.25) is 0 Å². The summed E-state index contributed by atoms with van der Waals surface area (Å²) >= 11 is 1.31. The lowest BCUT2D eigenvalue weighted by Crippen LogP contribution is -2.31. The molecule has 1 aliphatic heterocycles. The lowest BCUT2D eigenvalue weighted by atomic mass is 10.1. The minimum absolute atomic E-state index is 0.344. The molecule has 1 fully saturated rings. The first kappa shape index (κ1) is 18.8. The Labute approximate surface area is 176 Å². The number of nitrogens with zero attached hydrogens (tertiary/aromatic N) is 6. The molecule has 1 N–H and O–H groups in total. The molecule has 1 saturated heterocycles. The second-order valence-corrected chi connectivity index (χ2v) is 8.24. The molecule has 1 aliphatic rings. The third-order valence-corrected chi connectivity index (χ3v) is 6.15. The second kappa shape index (κ2) is 7.89. The number of rotatable bonds is 4. The van der Waals surface area contributed by atoms with Crippen LogP contribution in [0.4, 0.5) is 4.39 Å². The molecule has 0 spiro atoms. The Hall–Kier alpha value is -3.22. The van der Waals surface area contributed by atoms with Gasteiger partial charge in [0.05, 0.1) is 29.5 Å². The summed E-state index contributed by atoms with van der Waals surface area (Å²) in [6.45, 7) is 1.97. The first-order valence-corrected chi connectivity index (χ1v) is 10.5. The van der Waals surface area contributed by atoms with Gasteiger partial charge in [0, 0.05) is 47.2 Å². The molecule has 0 aliphatic carbocycles. The molecule has 0 bridgehead atoms. The number of pyridine rings is 2. The van der Waals surface area contributed by atoms with Gasteiger partial charge in [-0.2, -0.15) is 15.5 Å². The standard InChI is InChI=1S/C21H18FN7S/c22-17-3-5-25-20(7-17)30-19-6-14(12-29-21(19)15(8-23)9-27-29)16-10-26-28(13-16)18-2-1-4-24-11-18/h3,5-7,9-10,12-13,18,24H,1-2,4,11H2/t18-/m0/s1. The van der Waals surface area contributed by atoms with Gasteiger partial charge in [-0.3, -0.25) is 4.68 Å². The zero-order chi connectivity index (χ0) is 20.5. The van der Waals surface area contributed by atoms with Crippen LogP contribution in [0.5, 0.6) is 0 Å². The van der Waals surface area contributed by atoms with E-state index in [-0.39, 0.29) is 5.82 Å². The van der Waals surface area contributed by atoms with Crippen LogP contribution in [0, 0.1) is 17.1 Å². The fourth-order valence-electron chi connectivity index (χ4n) is 3.70. The van der Waals surface area contributed by atoms with Gasteiger partial charge in [0.25, 0.3) is 0 Å². The largest absolute Gasteiger partial charge is 0.315 e. The summed E-state index contributed by atoms with van der Waals surface area (Å²) in [6.07, 6.45) is 11.0. The van der Waals surface area contributed by atoms with Crippen molar-refractivity contribution >= 4 is 17.3 Å². The van der Waals surface area contributed by atoms with Crippen LogP contribution in [-0.2, 0) is 0 Å². The first-order chi connectivity index (χ1) is 14.7. The van der Waals surface area contributed by atoms with Crippen molar-refractivity contribution < 1.29 is 4.39 Å². The smallest absolute Gasteiger partial charge is 0.127 e. The predicted octanol–water partition coefficient (Wildman–Crippen LogP) is 3.68. The third-order valence-electron chi connectivity index (χ3n) is 5.19. The average Bonchev–Trinajstić information content (AvgIpc) is 3.42. The molecule has 4 aromatic rings. The molecule has 0 saturated carbocycles. The number of nitrogens with one attached hydrogen (secondary N) is 1. The molecule has 1 atom stereocenters. The topological polar surface area (TPSA) is 83.8 Å². The number of hydrogen-bond acceptors (Lipinski definition) is 6. The Morgan fingerprint density at radius 1 is 1.20 bits per heavy atom. The fraction of sp³-hybridized carbons (Fsp3) is 0.238. The zero-order valence-electron chi connectivity index (χ0n) is 16.0. The van der Waals surface area contributed by atoms with Crippen molar-refractivity contribution in [2.24, 2.45) is 0 Å². The number of piperidine rings is 1. The lowest BCUT2D eigenvalue weighted by Gasteiger charge is -2.22. The van der Waals surface area contributed by atoms with E-state index in [1.807, 2.05) is 29.3 Å².